The van der Waals surface area contributed by atoms with Crippen molar-refractivity contribution >= 4 is 11.6 Å². The summed E-state index contributed by atoms with van der Waals surface area (Å²) in [6, 6.07) is 6.11. The van der Waals surface area contributed by atoms with Crippen LogP contribution in [-0.2, 0) is 9.53 Å². The number of rotatable bonds is 3. The van der Waals surface area contributed by atoms with Gasteiger partial charge in [-0.1, -0.05) is 12.1 Å². The van der Waals surface area contributed by atoms with Gasteiger partial charge in [-0.2, -0.15) is 0 Å². The molecule has 1 fully saturated rings. The van der Waals surface area contributed by atoms with Gasteiger partial charge in [0.15, 0.2) is 0 Å². The molecule has 92 valence electrons. The standard InChI is InChI=1S/C12H15FN2O2/c1-14-11-7-17-6-8(11)12(16)15-10-5-3-2-4-9(10)13/h2-5,8,11,14H,6-7H2,1H3,(H,15,16). The zero-order valence-corrected chi connectivity index (χ0v) is 9.57. The number of benzene rings is 1. The van der Waals surface area contributed by atoms with E-state index < -0.39 is 5.82 Å². The Balaban J connectivity index is 2.04. The minimum atomic E-state index is -0.430. The lowest BCUT2D eigenvalue weighted by Gasteiger charge is -2.16. The molecule has 2 atom stereocenters. The lowest BCUT2D eigenvalue weighted by Crippen LogP contribution is -2.39. The van der Waals surface area contributed by atoms with Crippen LogP contribution in [-0.4, -0.2) is 32.2 Å². The van der Waals surface area contributed by atoms with Crippen molar-refractivity contribution in [1.82, 2.24) is 5.32 Å². The van der Waals surface area contributed by atoms with Crippen LogP contribution < -0.4 is 10.6 Å². The maximum absolute atomic E-state index is 13.4. The van der Waals surface area contributed by atoms with E-state index in [1.807, 2.05) is 0 Å². The van der Waals surface area contributed by atoms with Crippen molar-refractivity contribution in [2.45, 2.75) is 6.04 Å². The average molecular weight is 238 g/mol. The van der Waals surface area contributed by atoms with Gasteiger partial charge in [-0.05, 0) is 19.2 Å². The molecule has 1 aliphatic heterocycles. The summed E-state index contributed by atoms with van der Waals surface area (Å²) in [7, 11) is 1.78. The van der Waals surface area contributed by atoms with Crippen LogP contribution in [0.1, 0.15) is 0 Å². The smallest absolute Gasteiger partial charge is 0.231 e. The number of para-hydroxylation sites is 1. The molecule has 5 heteroatoms. The van der Waals surface area contributed by atoms with Crippen LogP contribution in [0.3, 0.4) is 0 Å². The fourth-order valence-corrected chi connectivity index (χ4v) is 1.89. The van der Waals surface area contributed by atoms with Crippen LogP contribution >= 0.6 is 0 Å². The molecule has 0 aromatic heterocycles. The molecule has 1 aliphatic rings. The summed E-state index contributed by atoms with van der Waals surface area (Å²) in [6.45, 7) is 0.873. The maximum Gasteiger partial charge on any atom is 0.231 e. The predicted molar refractivity (Wildman–Crippen MR) is 62.2 cm³/mol. The average Bonchev–Trinajstić information content (AvgIpc) is 2.80. The quantitative estimate of drug-likeness (QED) is 0.826. The molecule has 1 heterocycles. The summed E-state index contributed by atoms with van der Waals surface area (Å²) >= 11 is 0. The van der Waals surface area contributed by atoms with Gasteiger partial charge in [-0.25, -0.2) is 4.39 Å². The van der Waals surface area contributed by atoms with E-state index >= 15 is 0 Å². The van der Waals surface area contributed by atoms with Gasteiger partial charge in [0.05, 0.1) is 24.8 Å². The van der Waals surface area contributed by atoms with Crippen molar-refractivity contribution in [3.8, 4) is 0 Å². The van der Waals surface area contributed by atoms with Crippen molar-refractivity contribution in [2.24, 2.45) is 5.92 Å². The highest BCUT2D eigenvalue weighted by atomic mass is 19.1. The number of likely N-dealkylation sites (N-methyl/N-ethyl adjacent to an activating group) is 1. The van der Waals surface area contributed by atoms with Crippen molar-refractivity contribution in [3.63, 3.8) is 0 Å². The maximum atomic E-state index is 13.4. The van der Waals surface area contributed by atoms with Crippen LogP contribution in [0.2, 0.25) is 0 Å². The molecule has 4 nitrogen and oxygen atoms in total. The number of ether oxygens (including phenoxy) is 1. The SMILES string of the molecule is CNC1COCC1C(=O)Nc1ccccc1F. The fraction of sp³-hybridized carbons (Fsp3) is 0.417. The topological polar surface area (TPSA) is 50.4 Å². The molecular formula is C12H15FN2O2. The van der Waals surface area contributed by atoms with Gasteiger partial charge < -0.3 is 15.4 Å². The molecule has 2 N–H and O–H groups in total. The molecule has 0 aliphatic carbocycles. The second kappa shape index (κ2) is 5.25. The van der Waals surface area contributed by atoms with Gasteiger partial charge in [0, 0.05) is 6.04 Å². The fourth-order valence-electron chi connectivity index (χ4n) is 1.89. The van der Waals surface area contributed by atoms with Crippen molar-refractivity contribution < 1.29 is 13.9 Å². The lowest BCUT2D eigenvalue weighted by molar-refractivity contribution is -0.120. The first-order chi connectivity index (χ1) is 8.22. The second-order valence-corrected chi connectivity index (χ2v) is 4.01. The van der Waals surface area contributed by atoms with E-state index in [9.17, 15) is 9.18 Å². The Morgan fingerprint density at radius 3 is 2.88 bits per heavy atom. The molecule has 1 saturated heterocycles. The molecule has 2 rings (SSSR count). The minimum Gasteiger partial charge on any atom is -0.379 e. The monoisotopic (exact) mass is 238 g/mol. The first-order valence-electron chi connectivity index (χ1n) is 5.52. The summed E-state index contributed by atoms with van der Waals surface area (Å²) in [5.41, 5.74) is 0.208. The van der Waals surface area contributed by atoms with Crippen LogP contribution in [0.25, 0.3) is 0 Å². The summed E-state index contributed by atoms with van der Waals surface area (Å²) in [5.74, 6) is -0.924. The molecule has 0 saturated carbocycles. The summed E-state index contributed by atoms with van der Waals surface area (Å²) < 4.78 is 18.6. The van der Waals surface area contributed by atoms with Gasteiger partial charge in [-0.3, -0.25) is 4.79 Å². The third-order valence-corrected chi connectivity index (χ3v) is 2.92. The van der Waals surface area contributed by atoms with Crippen LogP contribution in [0.4, 0.5) is 10.1 Å². The molecule has 17 heavy (non-hydrogen) atoms. The Bertz CT molecular complexity index is 411. The number of halogens is 1. The van der Waals surface area contributed by atoms with E-state index in [1.54, 1.807) is 19.2 Å². The van der Waals surface area contributed by atoms with Crippen LogP contribution in [0.5, 0.6) is 0 Å². The highest BCUT2D eigenvalue weighted by Crippen LogP contribution is 2.18. The first-order valence-corrected chi connectivity index (χ1v) is 5.52. The highest BCUT2D eigenvalue weighted by molar-refractivity contribution is 5.93. The van der Waals surface area contributed by atoms with Crippen LogP contribution in [0, 0.1) is 11.7 Å². The molecule has 2 unspecified atom stereocenters. The zero-order chi connectivity index (χ0) is 12.3. The highest BCUT2D eigenvalue weighted by Gasteiger charge is 2.33. The lowest BCUT2D eigenvalue weighted by atomic mass is 10.0. The number of nitrogens with one attached hydrogen (secondary N) is 2. The van der Waals surface area contributed by atoms with E-state index in [-0.39, 0.29) is 23.6 Å². The number of anilines is 1. The zero-order valence-electron chi connectivity index (χ0n) is 9.57. The van der Waals surface area contributed by atoms with Gasteiger partial charge in [0.25, 0.3) is 0 Å². The molecule has 1 aromatic carbocycles. The van der Waals surface area contributed by atoms with Gasteiger partial charge in [0.1, 0.15) is 5.82 Å². The van der Waals surface area contributed by atoms with Crippen molar-refractivity contribution in [3.05, 3.63) is 30.1 Å². The third kappa shape index (κ3) is 2.62. The van der Waals surface area contributed by atoms with Gasteiger partial charge in [-0.15, -0.1) is 0 Å². The first kappa shape index (κ1) is 12.0. The van der Waals surface area contributed by atoms with E-state index in [1.165, 1.54) is 12.1 Å². The Morgan fingerprint density at radius 2 is 2.18 bits per heavy atom. The molecule has 0 bridgehead atoms. The molecule has 0 spiro atoms. The molecule has 1 aromatic rings. The minimum absolute atomic E-state index is 0.0122. The van der Waals surface area contributed by atoms with E-state index in [4.69, 9.17) is 4.74 Å². The Labute approximate surface area is 99.2 Å². The van der Waals surface area contributed by atoms with E-state index in [0.717, 1.165) is 0 Å². The number of carbonyl (C=O) groups excluding carboxylic acids is 1. The van der Waals surface area contributed by atoms with Crippen LogP contribution in [0.15, 0.2) is 24.3 Å². The number of hydrogen-bond donors (Lipinski definition) is 2. The third-order valence-electron chi connectivity index (χ3n) is 2.92. The van der Waals surface area contributed by atoms with E-state index in [0.29, 0.717) is 13.2 Å². The molecule has 1 amide bonds. The van der Waals surface area contributed by atoms with Crippen molar-refractivity contribution in [2.75, 3.05) is 25.6 Å². The molecule has 0 radical (unpaired) electrons. The largest absolute Gasteiger partial charge is 0.379 e. The number of carbonyl (C=O) groups is 1. The number of hydrogen-bond acceptors (Lipinski definition) is 3. The normalized spacial score (nSPS) is 23.6. The summed E-state index contributed by atoms with van der Waals surface area (Å²) in [4.78, 5) is 11.9. The Kier molecular flexibility index (Phi) is 3.71. The van der Waals surface area contributed by atoms with E-state index in [2.05, 4.69) is 10.6 Å². The summed E-state index contributed by atoms with van der Waals surface area (Å²) in [5, 5.41) is 5.60. The van der Waals surface area contributed by atoms with Gasteiger partial charge >= 0.3 is 0 Å². The Morgan fingerprint density at radius 1 is 1.41 bits per heavy atom. The van der Waals surface area contributed by atoms with Gasteiger partial charge in [0.2, 0.25) is 5.91 Å². The summed E-state index contributed by atoms with van der Waals surface area (Å²) in [6.07, 6.45) is 0. The van der Waals surface area contributed by atoms with Crippen molar-refractivity contribution in [1.29, 1.82) is 0 Å². The molecular weight excluding hydrogens is 223 g/mol. The predicted octanol–water partition coefficient (Wildman–Crippen LogP) is 0.999. The second-order valence-electron chi connectivity index (χ2n) is 4.01. The number of amides is 1. The Hall–Kier alpha value is -1.46.